The van der Waals surface area contributed by atoms with Gasteiger partial charge in [0.05, 0.1) is 48.0 Å². The number of nitrogens with one attached hydrogen (secondary N) is 2. The van der Waals surface area contributed by atoms with Crippen molar-refractivity contribution in [3.63, 3.8) is 0 Å². The van der Waals surface area contributed by atoms with Crippen molar-refractivity contribution in [2.45, 2.75) is 18.9 Å². The lowest BCUT2D eigenvalue weighted by molar-refractivity contribution is 0.0365. The third-order valence-corrected chi connectivity index (χ3v) is 7.94. The highest BCUT2D eigenvalue weighted by Crippen LogP contribution is 2.41. The highest BCUT2D eigenvalue weighted by Gasteiger charge is 2.36. The predicted octanol–water partition coefficient (Wildman–Crippen LogP) is 4.37. The standard InChI is InChI=1S/C29H30ClN7O2/c1-29(18-38)17-33-27-20(16-31)12-19(13-23(27)29)24-2-4-32-28(34-24)35-25-14-21(30)15-26-22(25)3-5-37(26)7-6-36-8-10-39-11-9-36/h2-5,12-15,33,38H,6-11,17-18H2,1H3,(H,32,34,35). The molecule has 9 nitrogen and oxygen atoms in total. The number of rotatable bonds is 7. The Kier molecular flexibility index (Phi) is 6.87. The van der Waals surface area contributed by atoms with Crippen LogP contribution < -0.4 is 10.6 Å². The molecule has 0 bridgehead atoms. The number of hydrogen-bond donors (Lipinski definition) is 3. The second kappa shape index (κ2) is 10.5. The molecular formula is C29H30ClN7O2. The first kappa shape index (κ1) is 25.6. The fraction of sp³-hybridized carbons (Fsp3) is 0.345. The second-order valence-electron chi connectivity index (χ2n) is 10.4. The SMILES string of the molecule is CC1(CO)CNc2c(C#N)cc(-c3ccnc(Nc4cc(Cl)cc5c4ccn5CCN4CCOCC4)n3)cc21. The molecule has 3 N–H and O–H groups in total. The number of morpholine rings is 1. The van der Waals surface area contributed by atoms with E-state index in [4.69, 9.17) is 21.3 Å². The van der Waals surface area contributed by atoms with Gasteiger partial charge in [0.2, 0.25) is 5.95 Å². The van der Waals surface area contributed by atoms with Crippen molar-refractivity contribution in [2.24, 2.45) is 0 Å². The van der Waals surface area contributed by atoms with Crippen LogP contribution in [0, 0.1) is 11.3 Å². The van der Waals surface area contributed by atoms with Crippen LogP contribution in [0.5, 0.6) is 0 Å². The summed E-state index contributed by atoms with van der Waals surface area (Å²) >= 11 is 6.54. The molecule has 1 atom stereocenters. The van der Waals surface area contributed by atoms with Crippen LogP contribution in [0.15, 0.2) is 48.8 Å². The molecule has 2 aliphatic rings. The molecule has 0 amide bonds. The van der Waals surface area contributed by atoms with E-state index in [0.717, 1.165) is 72.8 Å². The minimum atomic E-state index is -0.466. The number of nitriles is 1. The first-order chi connectivity index (χ1) is 19.0. The van der Waals surface area contributed by atoms with E-state index >= 15 is 0 Å². The van der Waals surface area contributed by atoms with Crippen molar-refractivity contribution in [1.29, 1.82) is 5.26 Å². The van der Waals surface area contributed by atoms with Crippen molar-refractivity contribution in [1.82, 2.24) is 19.4 Å². The maximum atomic E-state index is 10.0. The van der Waals surface area contributed by atoms with Crippen molar-refractivity contribution in [3.05, 3.63) is 64.9 Å². The van der Waals surface area contributed by atoms with Crippen LogP contribution in [0.2, 0.25) is 5.02 Å². The highest BCUT2D eigenvalue weighted by atomic mass is 35.5. The fourth-order valence-electron chi connectivity index (χ4n) is 5.40. The van der Waals surface area contributed by atoms with E-state index in [-0.39, 0.29) is 6.61 Å². The molecule has 2 aromatic carbocycles. The zero-order valence-corrected chi connectivity index (χ0v) is 22.5. The van der Waals surface area contributed by atoms with E-state index < -0.39 is 5.41 Å². The van der Waals surface area contributed by atoms with Crippen LogP contribution in [-0.2, 0) is 16.7 Å². The molecule has 39 heavy (non-hydrogen) atoms. The summed E-state index contributed by atoms with van der Waals surface area (Å²) in [6, 6.07) is 13.9. The van der Waals surface area contributed by atoms with Gasteiger partial charge in [-0.2, -0.15) is 5.26 Å². The zero-order chi connectivity index (χ0) is 27.0. The van der Waals surface area contributed by atoms with Gasteiger partial charge in [0.15, 0.2) is 0 Å². The number of ether oxygens (including phenoxy) is 1. The number of hydrogen-bond acceptors (Lipinski definition) is 8. The summed E-state index contributed by atoms with van der Waals surface area (Å²) in [6.07, 6.45) is 3.78. The number of aliphatic hydroxyl groups excluding tert-OH is 1. The van der Waals surface area contributed by atoms with Gasteiger partial charge in [0, 0.05) is 66.5 Å². The van der Waals surface area contributed by atoms with Gasteiger partial charge in [-0.15, -0.1) is 0 Å². The van der Waals surface area contributed by atoms with Crippen molar-refractivity contribution >= 4 is 39.8 Å². The maximum absolute atomic E-state index is 10.0. The monoisotopic (exact) mass is 543 g/mol. The molecule has 6 rings (SSSR count). The summed E-state index contributed by atoms with van der Waals surface area (Å²) in [4.78, 5) is 11.6. The highest BCUT2D eigenvalue weighted by molar-refractivity contribution is 6.32. The molecule has 4 heterocycles. The quantitative estimate of drug-likeness (QED) is 0.315. The summed E-state index contributed by atoms with van der Waals surface area (Å²) in [7, 11) is 0. The summed E-state index contributed by atoms with van der Waals surface area (Å²) in [5.41, 5.74) is 5.11. The van der Waals surface area contributed by atoms with Crippen LogP contribution in [0.25, 0.3) is 22.2 Å². The van der Waals surface area contributed by atoms with Gasteiger partial charge in [0.1, 0.15) is 6.07 Å². The van der Waals surface area contributed by atoms with Gasteiger partial charge < -0.3 is 25.0 Å². The summed E-state index contributed by atoms with van der Waals surface area (Å²) in [5, 5.41) is 28.1. The van der Waals surface area contributed by atoms with Crippen molar-refractivity contribution in [2.75, 3.05) is 56.6 Å². The normalized spacial score (nSPS) is 19.0. The summed E-state index contributed by atoms with van der Waals surface area (Å²) in [6.45, 7) is 7.83. The number of halogens is 1. The second-order valence-corrected chi connectivity index (χ2v) is 10.8. The molecule has 0 saturated carbocycles. The van der Waals surface area contributed by atoms with Crippen molar-refractivity contribution < 1.29 is 9.84 Å². The summed E-state index contributed by atoms with van der Waals surface area (Å²) < 4.78 is 7.69. The van der Waals surface area contributed by atoms with Gasteiger partial charge in [0.25, 0.3) is 0 Å². The van der Waals surface area contributed by atoms with E-state index in [2.05, 4.69) is 43.4 Å². The topological polar surface area (TPSA) is 111 Å². The van der Waals surface area contributed by atoms with Crippen LogP contribution in [-0.4, -0.2) is 70.5 Å². The van der Waals surface area contributed by atoms with Gasteiger partial charge in [-0.05, 0) is 42.0 Å². The van der Waals surface area contributed by atoms with Gasteiger partial charge in [-0.25, -0.2) is 9.97 Å². The first-order valence-corrected chi connectivity index (χ1v) is 13.5. The average molecular weight is 544 g/mol. The Labute approximate surface area is 232 Å². The lowest BCUT2D eigenvalue weighted by Crippen LogP contribution is -2.38. The Morgan fingerprint density at radius 3 is 2.85 bits per heavy atom. The number of aromatic nitrogens is 3. The minimum absolute atomic E-state index is 0.0191. The number of nitrogens with zero attached hydrogens (tertiary/aromatic N) is 5. The van der Waals surface area contributed by atoms with Crippen LogP contribution in [0.4, 0.5) is 17.3 Å². The van der Waals surface area contributed by atoms with Crippen LogP contribution in [0.3, 0.4) is 0 Å². The van der Waals surface area contributed by atoms with Gasteiger partial charge in [-0.1, -0.05) is 18.5 Å². The van der Waals surface area contributed by atoms with Gasteiger partial charge in [-0.3, -0.25) is 4.90 Å². The molecule has 2 aliphatic heterocycles. The molecule has 10 heteroatoms. The molecule has 4 aromatic rings. The van der Waals surface area contributed by atoms with Crippen molar-refractivity contribution in [3.8, 4) is 17.3 Å². The molecule has 1 unspecified atom stereocenters. The fourth-order valence-corrected chi connectivity index (χ4v) is 5.61. The third kappa shape index (κ3) is 4.92. The predicted molar refractivity (Wildman–Crippen MR) is 153 cm³/mol. The van der Waals surface area contributed by atoms with E-state index in [1.807, 2.05) is 37.3 Å². The van der Waals surface area contributed by atoms with Crippen LogP contribution >= 0.6 is 11.6 Å². The van der Waals surface area contributed by atoms with Gasteiger partial charge >= 0.3 is 0 Å². The number of aliphatic hydroxyl groups is 1. The van der Waals surface area contributed by atoms with E-state index in [1.165, 1.54) is 0 Å². The molecule has 200 valence electrons. The molecule has 0 aliphatic carbocycles. The zero-order valence-electron chi connectivity index (χ0n) is 21.7. The number of fused-ring (bicyclic) bond motifs is 2. The van der Waals surface area contributed by atoms with E-state index in [0.29, 0.717) is 28.8 Å². The van der Waals surface area contributed by atoms with E-state index in [9.17, 15) is 10.4 Å². The maximum Gasteiger partial charge on any atom is 0.227 e. The summed E-state index contributed by atoms with van der Waals surface area (Å²) in [5.74, 6) is 0.430. The Morgan fingerprint density at radius 1 is 1.21 bits per heavy atom. The molecule has 2 aromatic heterocycles. The molecule has 0 radical (unpaired) electrons. The molecule has 1 fully saturated rings. The van der Waals surface area contributed by atoms with Crippen LogP contribution in [0.1, 0.15) is 18.1 Å². The molecular weight excluding hydrogens is 514 g/mol. The third-order valence-electron chi connectivity index (χ3n) is 7.73. The molecule has 1 saturated heterocycles. The Balaban J connectivity index is 1.29. The average Bonchev–Trinajstić information content (AvgIpc) is 3.53. The smallest absolute Gasteiger partial charge is 0.227 e. The Bertz CT molecular complexity index is 1570. The number of anilines is 3. The molecule has 0 spiro atoms. The lowest BCUT2D eigenvalue weighted by Gasteiger charge is -2.26. The minimum Gasteiger partial charge on any atom is -0.395 e. The van der Waals surface area contributed by atoms with E-state index in [1.54, 1.807) is 6.20 Å². The number of benzene rings is 2. The lowest BCUT2D eigenvalue weighted by atomic mass is 9.83. The Hall–Kier alpha value is -3.68. The first-order valence-electron chi connectivity index (χ1n) is 13.1. The largest absolute Gasteiger partial charge is 0.395 e. The Morgan fingerprint density at radius 2 is 2.05 bits per heavy atom.